The van der Waals surface area contributed by atoms with Crippen LogP contribution < -0.4 is 4.90 Å². The van der Waals surface area contributed by atoms with Crippen molar-refractivity contribution in [3.63, 3.8) is 0 Å². The summed E-state index contributed by atoms with van der Waals surface area (Å²) in [7, 11) is 0. The van der Waals surface area contributed by atoms with E-state index in [1.54, 1.807) is 17.4 Å². The van der Waals surface area contributed by atoms with E-state index in [1.165, 1.54) is 22.9 Å². The number of aromatic nitrogens is 4. The number of rotatable bonds is 5. The van der Waals surface area contributed by atoms with Crippen LogP contribution in [-0.4, -0.2) is 17.5 Å². The highest BCUT2D eigenvalue weighted by molar-refractivity contribution is 7.22. The van der Waals surface area contributed by atoms with Gasteiger partial charge in [-0.2, -0.15) is 17.5 Å². The van der Waals surface area contributed by atoms with E-state index >= 15 is 0 Å². The zero-order valence-corrected chi connectivity index (χ0v) is 27.0. The SMILES string of the molecule is [C-]#[N+]/C(C#N)=C\c1cc2c(cc(-c3sc(N(c4ccc(C)cc4)c4ccc(C)cc4)c4ccccc34)c3nsnc32)c2nsnc12. The summed E-state index contributed by atoms with van der Waals surface area (Å²) in [4.78, 5) is 6.78. The van der Waals surface area contributed by atoms with Gasteiger partial charge in [0.15, 0.2) is 0 Å². The van der Waals surface area contributed by atoms with Crippen molar-refractivity contribution in [1.82, 2.24) is 17.5 Å². The van der Waals surface area contributed by atoms with Gasteiger partial charge in [0.2, 0.25) is 0 Å². The van der Waals surface area contributed by atoms with Gasteiger partial charge in [-0.15, -0.1) is 11.3 Å². The molecule has 8 rings (SSSR count). The first-order chi connectivity index (χ1) is 22.5. The second-order valence-electron chi connectivity index (χ2n) is 10.9. The van der Waals surface area contributed by atoms with Crippen molar-refractivity contribution in [1.29, 1.82) is 5.26 Å². The molecule has 0 saturated carbocycles. The lowest BCUT2D eigenvalue weighted by atomic mass is 9.98. The van der Waals surface area contributed by atoms with Crippen LogP contribution in [0.3, 0.4) is 0 Å². The van der Waals surface area contributed by atoms with Crippen molar-refractivity contribution in [3.8, 4) is 16.5 Å². The van der Waals surface area contributed by atoms with Crippen molar-refractivity contribution >= 4 is 101 Å². The monoisotopic (exact) mass is 647 g/mol. The molecule has 46 heavy (non-hydrogen) atoms. The minimum absolute atomic E-state index is 0.0118. The van der Waals surface area contributed by atoms with Crippen molar-refractivity contribution in [3.05, 3.63) is 119 Å². The van der Waals surface area contributed by atoms with Gasteiger partial charge >= 0.3 is 0 Å². The molecular weight excluding hydrogens is 627 g/mol. The van der Waals surface area contributed by atoms with Crippen LogP contribution in [0.1, 0.15) is 16.7 Å². The molecule has 0 unspecified atom stereocenters. The fraction of sp³-hybridized carbons (Fsp3) is 0.0556. The summed E-state index contributed by atoms with van der Waals surface area (Å²) in [6, 6.07) is 31.9. The Morgan fingerprint density at radius 2 is 1.30 bits per heavy atom. The van der Waals surface area contributed by atoms with Gasteiger partial charge in [-0.05, 0) is 61.9 Å². The van der Waals surface area contributed by atoms with Gasteiger partial charge in [0.05, 0.1) is 36.1 Å². The molecule has 0 aliphatic carbocycles. The van der Waals surface area contributed by atoms with E-state index in [0.717, 1.165) is 71.1 Å². The molecule has 0 N–H and O–H groups in total. The smallest absolute Gasteiger partial charge is 0.262 e. The zero-order chi connectivity index (χ0) is 31.4. The molecule has 3 heterocycles. The van der Waals surface area contributed by atoms with Crippen LogP contribution in [0.2, 0.25) is 0 Å². The number of nitrogens with zero attached hydrogens (tertiary/aromatic N) is 7. The van der Waals surface area contributed by atoms with Gasteiger partial charge in [0.1, 0.15) is 27.1 Å². The molecule has 10 heteroatoms. The third-order valence-corrected chi connectivity index (χ3v) is 10.4. The standard InChI is InChI=1S/C36H21N7S3/c1-20-8-12-24(13-9-20)43(25-14-10-21(2)11-15-25)36-27-7-5-4-6-26(27)35(44-36)30-18-29-28(33-34(30)42-46-41-33)17-22(16-23(19-37)38-3)31-32(29)40-45-39-31/h4-18H,1-2H3/b23-16-. The second-order valence-corrected chi connectivity index (χ2v) is 13.0. The molecule has 0 aliphatic rings. The van der Waals surface area contributed by atoms with Gasteiger partial charge in [0.25, 0.3) is 5.70 Å². The maximum absolute atomic E-state index is 9.43. The lowest BCUT2D eigenvalue weighted by Gasteiger charge is -2.24. The predicted molar refractivity (Wildman–Crippen MR) is 191 cm³/mol. The first-order valence-electron chi connectivity index (χ1n) is 14.3. The molecule has 5 aromatic carbocycles. The quantitative estimate of drug-likeness (QED) is 0.137. The van der Waals surface area contributed by atoms with E-state index in [-0.39, 0.29) is 5.70 Å². The molecule has 0 aliphatic heterocycles. The Hall–Kier alpha value is -5.52. The summed E-state index contributed by atoms with van der Waals surface area (Å²) in [6.45, 7) is 11.6. The summed E-state index contributed by atoms with van der Waals surface area (Å²) < 4.78 is 18.8. The molecule has 7 nitrogen and oxygen atoms in total. The summed E-state index contributed by atoms with van der Waals surface area (Å²) in [5, 5.41) is 14.6. The highest BCUT2D eigenvalue weighted by atomic mass is 32.1. The Balaban J connectivity index is 1.42. The van der Waals surface area contributed by atoms with Crippen LogP contribution in [0.5, 0.6) is 0 Å². The van der Waals surface area contributed by atoms with E-state index in [0.29, 0.717) is 16.6 Å². The third-order valence-electron chi connectivity index (χ3n) is 8.05. The number of hydrogen-bond acceptors (Lipinski definition) is 9. The van der Waals surface area contributed by atoms with Gasteiger partial charge in [-0.1, -0.05) is 59.7 Å². The summed E-state index contributed by atoms with van der Waals surface area (Å²) >= 11 is 4.02. The van der Waals surface area contributed by atoms with Crippen LogP contribution in [0.15, 0.2) is 90.6 Å². The van der Waals surface area contributed by atoms with Crippen LogP contribution in [0, 0.1) is 31.8 Å². The molecular formula is C36H21N7S3. The van der Waals surface area contributed by atoms with Crippen molar-refractivity contribution in [2.24, 2.45) is 0 Å². The Morgan fingerprint density at radius 1 is 0.739 bits per heavy atom. The number of benzene rings is 5. The molecule has 0 saturated heterocycles. The van der Waals surface area contributed by atoms with E-state index in [9.17, 15) is 5.26 Å². The second kappa shape index (κ2) is 11.1. The van der Waals surface area contributed by atoms with Gasteiger partial charge in [-0.25, -0.2) is 10.1 Å². The first-order valence-corrected chi connectivity index (χ1v) is 16.6. The Bertz CT molecular complexity index is 2520. The summed E-state index contributed by atoms with van der Waals surface area (Å²) in [5.74, 6) is 0. The highest BCUT2D eigenvalue weighted by Gasteiger charge is 2.24. The topological polar surface area (TPSA) is 83.0 Å². The van der Waals surface area contributed by atoms with Crippen LogP contribution in [0.25, 0.3) is 65.0 Å². The number of fused-ring (bicyclic) bond motifs is 6. The maximum Gasteiger partial charge on any atom is 0.262 e. The lowest BCUT2D eigenvalue weighted by Crippen LogP contribution is -2.08. The Labute approximate surface area is 276 Å². The van der Waals surface area contributed by atoms with Gasteiger partial charge < -0.3 is 4.90 Å². The number of thiophene rings is 1. The first kappa shape index (κ1) is 28.0. The van der Waals surface area contributed by atoms with Crippen LogP contribution in [-0.2, 0) is 0 Å². The number of hydrogen-bond donors (Lipinski definition) is 0. The Kier molecular flexibility index (Phi) is 6.77. The largest absolute Gasteiger partial charge is 0.301 e. The number of nitriles is 1. The van der Waals surface area contributed by atoms with Crippen molar-refractivity contribution in [2.45, 2.75) is 13.8 Å². The number of allylic oxidation sites excluding steroid dienone is 1. The third kappa shape index (κ3) is 4.51. The molecule has 0 fully saturated rings. The molecule has 8 aromatic rings. The summed E-state index contributed by atoms with van der Waals surface area (Å²) in [5.41, 5.74) is 9.15. The fourth-order valence-electron chi connectivity index (χ4n) is 5.81. The van der Waals surface area contributed by atoms with Crippen LogP contribution in [0.4, 0.5) is 16.4 Å². The minimum atomic E-state index is -0.0118. The van der Waals surface area contributed by atoms with Crippen molar-refractivity contribution < 1.29 is 0 Å². The number of aryl methyl sites for hydroxylation is 2. The molecule has 0 atom stereocenters. The number of anilines is 3. The maximum atomic E-state index is 9.43. The fourth-order valence-corrected chi connectivity index (χ4v) is 8.30. The van der Waals surface area contributed by atoms with E-state index < -0.39 is 0 Å². The predicted octanol–water partition coefficient (Wildman–Crippen LogP) is 10.6. The van der Waals surface area contributed by atoms with Gasteiger partial charge in [-0.3, -0.25) is 0 Å². The molecule has 0 radical (unpaired) electrons. The molecule has 0 amide bonds. The van der Waals surface area contributed by atoms with E-state index in [2.05, 4.69) is 111 Å². The molecule has 218 valence electrons. The van der Waals surface area contributed by atoms with Crippen molar-refractivity contribution in [2.75, 3.05) is 4.90 Å². The van der Waals surface area contributed by atoms with E-state index in [1.807, 2.05) is 12.1 Å². The normalized spacial score (nSPS) is 11.8. The minimum Gasteiger partial charge on any atom is -0.301 e. The molecule has 0 spiro atoms. The summed E-state index contributed by atoms with van der Waals surface area (Å²) in [6.07, 6.45) is 1.57. The average Bonchev–Trinajstić information content (AvgIpc) is 3.85. The van der Waals surface area contributed by atoms with Gasteiger partial charge in [0, 0.05) is 43.4 Å². The highest BCUT2D eigenvalue weighted by Crippen LogP contribution is 2.51. The average molecular weight is 648 g/mol. The molecule has 0 bridgehead atoms. The molecule has 3 aromatic heterocycles. The zero-order valence-electron chi connectivity index (χ0n) is 24.5. The van der Waals surface area contributed by atoms with Crippen LogP contribution >= 0.6 is 34.8 Å². The lowest BCUT2D eigenvalue weighted by molar-refractivity contribution is 1.30. The van der Waals surface area contributed by atoms with E-state index in [4.69, 9.17) is 15.3 Å². The Morgan fingerprint density at radius 3 is 1.93 bits per heavy atom.